The molecule has 1 saturated heterocycles. The molecule has 0 N–H and O–H groups in total. The Hall–Kier alpha value is -1.82. The molecular weight excluding hydrogens is 304 g/mol. The molecule has 1 amide bonds. The standard InChI is InChI=1S/C15H19ClN4O2/c1-11-13(15(16)22-18-11)5-6-14(21)20-9-2-4-12(20)10-19-8-3-7-17-19/h3,7-8,12H,2,4-6,9-10H2,1H3/t12-/m1/s1. The molecule has 1 atom stereocenters. The van der Waals surface area contributed by atoms with Crippen LogP contribution in [0.3, 0.4) is 0 Å². The summed E-state index contributed by atoms with van der Waals surface area (Å²) < 4.78 is 6.81. The number of nitrogens with zero attached hydrogens (tertiary/aromatic N) is 4. The van der Waals surface area contributed by atoms with Crippen molar-refractivity contribution in [3.8, 4) is 0 Å². The second-order valence-corrected chi connectivity index (χ2v) is 5.97. The molecule has 0 saturated carbocycles. The van der Waals surface area contributed by atoms with E-state index in [-0.39, 0.29) is 11.9 Å². The second-order valence-electron chi connectivity index (χ2n) is 5.63. The average Bonchev–Trinajstić information content (AvgIpc) is 3.22. The van der Waals surface area contributed by atoms with Gasteiger partial charge in [-0.3, -0.25) is 9.48 Å². The van der Waals surface area contributed by atoms with Crippen LogP contribution in [0.5, 0.6) is 0 Å². The van der Waals surface area contributed by atoms with Gasteiger partial charge in [-0.05, 0) is 43.9 Å². The van der Waals surface area contributed by atoms with E-state index in [0.717, 1.165) is 37.2 Å². The molecule has 0 unspecified atom stereocenters. The lowest BCUT2D eigenvalue weighted by atomic mass is 10.1. The molecule has 118 valence electrons. The van der Waals surface area contributed by atoms with Crippen molar-refractivity contribution in [3.63, 3.8) is 0 Å². The van der Waals surface area contributed by atoms with Gasteiger partial charge in [0, 0.05) is 30.9 Å². The Kier molecular flexibility index (Phi) is 4.47. The molecule has 3 heterocycles. The Bertz CT molecular complexity index is 619. The molecule has 0 aliphatic carbocycles. The fraction of sp³-hybridized carbons (Fsp3) is 0.533. The first-order valence-corrected chi connectivity index (χ1v) is 7.90. The number of likely N-dealkylation sites (tertiary alicyclic amines) is 1. The third-order valence-electron chi connectivity index (χ3n) is 4.18. The van der Waals surface area contributed by atoms with Crippen LogP contribution in [-0.2, 0) is 17.8 Å². The number of rotatable bonds is 5. The number of aromatic nitrogens is 3. The van der Waals surface area contributed by atoms with Crippen molar-refractivity contribution in [1.82, 2.24) is 19.8 Å². The van der Waals surface area contributed by atoms with E-state index in [9.17, 15) is 4.79 Å². The van der Waals surface area contributed by atoms with E-state index >= 15 is 0 Å². The zero-order valence-corrected chi connectivity index (χ0v) is 13.3. The van der Waals surface area contributed by atoms with Crippen molar-refractivity contribution in [2.45, 2.75) is 45.2 Å². The molecule has 7 heteroatoms. The normalized spacial score (nSPS) is 18.1. The maximum absolute atomic E-state index is 12.5. The van der Waals surface area contributed by atoms with Gasteiger partial charge in [-0.1, -0.05) is 5.16 Å². The smallest absolute Gasteiger partial charge is 0.229 e. The Morgan fingerprint density at radius 3 is 3.09 bits per heavy atom. The van der Waals surface area contributed by atoms with Crippen LogP contribution in [-0.4, -0.2) is 38.3 Å². The number of aryl methyl sites for hydroxylation is 1. The summed E-state index contributed by atoms with van der Waals surface area (Å²) in [5, 5.41) is 8.33. The highest BCUT2D eigenvalue weighted by molar-refractivity contribution is 6.29. The third kappa shape index (κ3) is 3.16. The van der Waals surface area contributed by atoms with Gasteiger partial charge in [0.25, 0.3) is 0 Å². The number of carbonyl (C=O) groups excluding carboxylic acids is 1. The molecule has 0 spiro atoms. The summed E-state index contributed by atoms with van der Waals surface area (Å²) in [5.41, 5.74) is 1.59. The van der Waals surface area contributed by atoms with Gasteiger partial charge in [0.15, 0.2) is 0 Å². The highest BCUT2D eigenvalue weighted by Gasteiger charge is 2.29. The first-order chi connectivity index (χ1) is 10.6. The summed E-state index contributed by atoms with van der Waals surface area (Å²) in [6.45, 7) is 3.42. The van der Waals surface area contributed by atoms with Gasteiger partial charge in [0.2, 0.25) is 11.1 Å². The van der Waals surface area contributed by atoms with Gasteiger partial charge in [-0.25, -0.2) is 0 Å². The van der Waals surface area contributed by atoms with Crippen LogP contribution in [0.1, 0.15) is 30.5 Å². The van der Waals surface area contributed by atoms with Gasteiger partial charge < -0.3 is 9.42 Å². The predicted molar refractivity (Wildman–Crippen MR) is 81.5 cm³/mol. The predicted octanol–water partition coefficient (Wildman–Crippen LogP) is 2.46. The summed E-state index contributed by atoms with van der Waals surface area (Å²) in [4.78, 5) is 14.5. The molecule has 0 bridgehead atoms. The van der Waals surface area contributed by atoms with Crippen LogP contribution in [0, 0.1) is 6.92 Å². The van der Waals surface area contributed by atoms with Crippen molar-refractivity contribution in [1.29, 1.82) is 0 Å². The van der Waals surface area contributed by atoms with Crippen LogP contribution in [0.2, 0.25) is 5.22 Å². The summed E-state index contributed by atoms with van der Waals surface area (Å²) in [5.74, 6) is 0.159. The van der Waals surface area contributed by atoms with Gasteiger partial charge in [-0.2, -0.15) is 5.10 Å². The monoisotopic (exact) mass is 322 g/mol. The van der Waals surface area contributed by atoms with E-state index in [1.165, 1.54) is 0 Å². The van der Waals surface area contributed by atoms with Crippen molar-refractivity contribution in [2.24, 2.45) is 0 Å². The van der Waals surface area contributed by atoms with Gasteiger partial charge in [-0.15, -0.1) is 0 Å². The number of carbonyl (C=O) groups is 1. The molecule has 0 radical (unpaired) electrons. The fourth-order valence-electron chi connectivity index (χ4n) is 2.99. The SMILES string of the molecule is Cc1noc(Cl)c1CCC(=O)N1CCC[C@@H]1Cn1cccn1. The van der Waals surface area contributed by atoms with Gasteiger partial charge in [0.1, 0.15) is 0 Å². The van der Waals surface area contributed by atoms with Crippen LogP contribution < -0.4 is 0 Å². The van der Waals surface area contributed by atoms with E-state index in [1.54, 1.807) is 6.20 Å². The summed E-state index contributed by atoms with van der Waals surface area (Å²) in [6, 6.07) is 2.13. The Balaban J connectivity index is 1.59. The van der Waals surface area contributed by atoms with E-state index < -0.39 is 0 Å². The van der Waals surface area contributed by atoms with Crippen LogP contribution in [0.4, 0.5) is 0 Å². The minimum atomic E-state index is 0.159. The molecule has 1 aliphatic heterocycles. The maximum Gasteiger partial charge on any atom is 0.229 e. The minimum Gasteiger partial charge on any atom is -0.344 e. The molecule has 0 aromatic carbocycles. The van der Waals surface area contributed by atoms with Crippen LogP contribution in [0.25, 0.3) is 0 Å². The first kappa shape index (κ1) is 15.1. The average molecular weight is 323 g/mol. The van der Waals surface area contributed by atoms with E-state index in [2.05, 4.69) is 10.3 Å². The molecule has 1 fully saturated rings. The lowest BCUT2D eigenvalue weighted by Gasteiger charge is -2.24. The zero-order valence-electron chi connectivity index (χ0n) is 12.5. The summed E-state index contributed by atoms with van der Waals surface area (Å²) in [6.07, 6.45) is 6.76. The third-order valence-corrected chi connectivity index (χ3v) is 4.48. The fourth-order valence-corrected chi connectivity index (χ4v) is 3.26. The summed E-state index contributed by atoms with van der Waals surface area (Å²) >= 11 is 5.95. The van der Waals surface area contributed by atoms with Crippen molar-refractivity contribution in [2.75, 3.05) is 6.54 Å². The Morgan fingerprint density at radius 1 is 1.55 bits per heavy atom. The molecule has 22 heavy (non-hydrogen) atoms. The largest absolute Gasteiger partial charge is 0.344 e. The lowest BCUT2D eigenvalue weighted by Crippen LogP contribution is -2.38. The van der Waals surface area contributed by atoms with E-state index in [0.29, 0.717) is 18.1 Å². The zero-order chi connectivity index (χ0) is 15.5. The number of hydrogen-bond acceptors (Lipinski definition) is 4. The maximum atomic E-state index is 12.5. The van der Waals surface area contributed by atoms with Crippen molar-refractivity contribution >= 4 is 17.5 Å². The molecule has 2 aromatic rings. The highest BCUT2D eigenvalue weighted by atomic mass is 35.5. The number of halogens is 1. The van der Waals surface area contributed by atoms with Crippen LogP contribution >= 0.6 is 11.6 Å². The van der Waals surface area contributed by atoms with Gasteiger partial charge >= 0.3 is 0 Å². The van der Waals surface area contributed by atoms with Crippen molar-refractivity contribution in [3.05, 3.63) is 34.9 Å². The Labute approximate surface area is 134 Å². The quantitative estimate of drug-likeness (QED) is 0.848. The molecule has 1 aliphatic rings. The number of hydrogen-bond donors (Lipinski definition) is 0. The van der Waals surface area contributed by atoms with Gasteiger partial charge in [0.05, 0.1) is 18.3 Å². The summed E-state index contributed by atoms with van der Waals surface area (Å²) in [7, 11) is 0. The molecular formula is C15H19ClN4O2. The molecule has 3 rings (SSSR count). The first-order valence-electron chi connectivity index (χ1n) is 7.52. The Morgan fingerprint density at radius 2 is 2.41 bits per heavy atom. The van der Waals surface area contributed by atoms with Crippen LogP contribution in [0.15, 0.2) is 23.0 Å². The number of amides is 1. The topological polar surface area (TPSA) is 64.2 Å². The highest BCUT2D eigenvalue weighted by Crippen LogP contribution is 2.23. The van der Waals surface area contributed by atoms with E-state index in [4.69, 9.17) is 16.1 Å². The van der Waals surface area contributed by atoms with Crippen molar-refractivity contribution < 1.29 is 9.32 Å². The minimum absolute atomic E-state index is 0.159. The second kappa shape index (κ2) is 6.52. The molecule has 6 nitrogen and oxygen atoms in total. The van der Waals surface area contributed by atoms with E-state index in [1.807, 2.05) is 28.8 Å². The lowest BCUT2D eigenvalue weighted by molar-refractivity contribution is -0.132. The molecule has 2 aromatic heterocycles.